The summed E-state index contributed by atoms with van der Waals surface area (Å²) in [4.78, 5) is 72.9. The Morgan fingerprint density at radius 2 is 0.474 bits per heavy atom. The van der Waals surface area contributed by atoms with Gasteiger partial charge in [0.2, 0.25) is 0 Å². The lowest BCUT2D eigenvalue weighted by molar-refractivity contribution is -0.161. The van der Waals surface area contributed by atoms with Gasteiger partial charge in [0.1, 0.15) is 19.3 Å². The number of aliphatic hydroxyl groups is 1. The first-order valence-electron chi connectivity index (χ1n) is 40.5. The molecule has 0 heterocycles. The number of unbranched alkanes of at least 4 members (excludes halogenated alkanes) is 47. The van der Waals surface area contributed by atoms with Gasteiger partial charge < -0.3 is 33.8 Å². The van der Waals surface area contributed by atoms with E-state index in [0.29, 0.717) is 25.7 Å². The zero-order valence-electron chi connectivity index (χ0n) is 63.4. The summed E-state index contributed by atoms with van der Waals surface area (Å²) in [6.07, 6.45) is 58.2. The highest BCUT2D eigenvalue weighted by Gasteiger charge is 2.30. The van der Waals surface area contributed by atoms with Gasteiger partial charge in [-0.15, -0.1) is 0 Å². The Kier molecular flexibility index (Phi) is 68.4. The van der Waals surface area contributed by atoms with E-state index in [1.807, 2.05) is 0 Å². The van der Waals surface area contributed by atoms with Crippen LogP contribution in [0, 0.1) is 11.8 Å². The molecule has 19 heteroatoms. The minimum Gasteiger partial charge on any atom is -0.462 e. The maximum absolute atomic E-state index is 13.1. The average molecular weight is 1420 g/mol. The molecule has 3 N–H and O–H groups in total. The highest BCUT2D eigenvalue weighted by atomic mass is 31.2. The van der Waals surface area contributed by atoms with Crippen molar-refractivity contribution >= 4 is 39.5 Å². The fraction of sp³-hybridized carbons (Fsp3) is 0.949. The van der Waals surface area contributed by atoms with Gasteiger partial charge >= 0.3 is 39.5 Å². The molecule has 0 aliphatic carbocycles. The van der Waals surface area contributed by atoms with Gasteiger partial charge in [0.15, 0.2) is 12.2 Å². The Hall–Kier alpha value is -1.94. The van der Waals surface area contributed by atoms with Crippen LogP contribution in [0.3, 0.4) is 0 Å². The van der Waals surface area contributed by atoms with Crippen molar-refractivity contribution in [2.75, 3.05) is 39.6 Å². The van der Waals surface area contributed by atoms with Crippen LogP contribution in [-0.2, 0) is 65.4 Å². The Balaban J connectivity index is 5.24. The summed E-state index contributed by atoms with van der Waals surface area (Å²) in [6.45, 7) is 9.62. The van der Waals surface area contributed by atoms with E-state index < -0.39 is 97.5 Å². The van der Waals surface area contributed by atoms with Crippen molar-refractivity contribution in [1.29, 1.82) is 0 Å². The van der Waals surface area contributed by atoms with Gasteiger partial charge in [0.05, 0.1) is 26.4 Å². The molecule has 0 fully saturated rings. The molecule has 0 aromatic heterocycles. The number of carbonyl (C=O) groups excluding carboxylic acids is 4. The predicted molar refractivity (Wildman–Crippen MR) is 395 cm³/mol. The van der Waals surface area contributed by atoms with Crippen molar-refractivity contribution in [3.63, 3.8) is 0 Å². The summed E-state index contributed by atoms with van der Waals surface area (Å²) in [6, 6.07) is 0. The van der Waals surface area contributed by atoms with Crippen molar-refractivity contribution < 1.29 is 80.2 Å². The van der Waals surface area contributed by atoms with Crippen LogP contribution in [0.4, 0.5) is 0 Å². The molecule has 97 heavy (non-hydrogen) atoms. The number of carbonyl (C=O) groups is 4. The van der Waals surface area contributed by atoms with Crippen LogP contribution in [0.5, 0.6) is 0 Å². The summed E-state index contributed by atoms with van der Waals surface area (Å²) in [7, 11) is -9.91. The fourth-order valence-corrected chi connectivity index (χ4v) is 13.6. The van der Waals surface area contributed by atoms with E-state index in [0.717, 1.165) is 102 Å². The third kappa shape index (κ3) is 72.2. The summed E-state index contributed by atoms with van der Waals surface area (Å²) in [5, 5.41) is 10.6. The Labute approximate surface area is 594 Å². The maximum atomic E-state index is 13.1. The number of hydrogen-bond acceptors (Lipinski definition) is 15. The van der Waals surface area contributed by atoms with Crippen molar-refractivity contribution in [3.8, 4) is 0 Å². The largest absolute Gasteiger partial charge is 0.472 e. The molecule has 2 unspecified atom stereocenters. The second-order valence-electron chi connectivity index (χ2n) is 29.1. The topological polar surface area (TPSA) is 237 Å². The molecule has 0 rings (SSSR count). The number of aliphatic hydroxyl groups excluding tert-OH is 1. The molecule has 576 valence electrons. The standard InChI is InChI=1S/C78H152O17P2/c1-7-9-11-13-15-17-19-21-27-31-37-43-49-55-61-76(81)89-66-73(94-77(82)62-56-50-44-38-32-28-25-23-22-24-26-29-34-40-46-52-58-70(3)4)68-92-96(84,85)90-64-72(79)65-91-97(86,87)93-69-74(95-78(83)63-57-51-45-39-33-35-41-47-53-59-71(5)6)67-88-75(80)60-54-48-42-36-30-20-18-16-14-12-10-8-2/h70-74,79H,7-69H2,1-6H3,(H,84,85)(H,86,87)/t72-,73-,74-/m1/s1. The lowest BCUT2D eigenvalue weighted by Crippen LogP contribution is -2.30. The van der Waals surface area contributed by atoms with Crippen molar-refractivity contribution in [2.24, 2.45) is 11.8 Å². The molecule has 17 nitrogen and oxygen atoms in total. The van der Waals surface area contributed by atoms with Gasteiger partial charge in [0.25, 0.3) is 0 Å². The number of ether oxygens (including phenoxy) is 4. The number of phosphoric acid groups is 2. The van der Waals surface area contributed by atoms with Gasteiger partial charge in [-0.25, -0.2) is 9.13 Å². The van der Waals surface area contributed by atoms with Crippen LogP contribution < -0.4 is 0 Å². The first-order valence-corrected chi connectivity index (χ1v) is 43.5. The first kappa shape index (κ1) is 95.1. The summed E-state index contributed by atoms with van der Waals surface area (Å²) in [5.74, 6) is -0.565. The van der Waals surface area contributed by atoms with Gasteiger partial charge in [-0.2, -0.15) is 0 Å². The Morgan fingerprint density at radius 3 is 0.701 bits per heavy atom. The third-order valence-electron chi connectivity index (χ3n) is 18.2. The molecule has 0 radical (unpaired) electrons. The van der Waals surface area contributed by atoms with Gasteiger partial charge in [-0.05, 0) is 37.5 Å². The van der Waals surface area contributed by atoms with E-state index in [4.69, 9.17) is 37.0 Å². The molecule has 0 saturated heterocycles. The van der Waals surface area contributed by atoms with E-state index in [1.54, 1.807) is 0 Å². The number of hydrogen-bond donors (Lipinski definition) is 3. The molecule has 0 aliphatic heterocycles. The smallest absolute Gasteiger partial charge is 0.462 e. The zero-order valence-corrected chi connectivity index (χ0v) is 65.2. The minimum absolute atomic E-state index is 0.106. The number of esters is 4. The minimum atomic E-state index is -4.96. The molecule has 0 aliphatic rings. The third-order valence-corrected chi connectivity index (χ3v) is 20.1. The van der Waals surface area contributed by atoms with Crippen molar-refractivity contribution in [2.45, 2.75) is 426 Å². The normalized spacial score (nSPS) is 14.0. The fourth-order valence-electron chi connectivity index (χ4n) is 12.0. The van der Waals surface area contributed by atoms with Crippen LogP contribution in [0.25, 0.3) is 0 Å². The average Bonchev–Trinajstić information content (AvgIpc) is 1.10. The highest BCUT2D eigenvalue weighted by Crippen LogP contribution is 2.45. The van der Waals surface area contributed by atoms with E-state index in [2.05, 4.69) is 41.5 Å². The van der Waals surface area contributed by atoms with Gasteiger partial charge in [-0.1, -0.05) is 356 Å². The molecule has 0 aromatic rings. The molecular weight excluding hydrogens is 1270 g/mol. The van der Waals surface area contributed by atoms with Crippen molar-refractivity contribution in [3.05, 3.63) is 0 Å². The summed E-state index contributed by atoms with van der Waals surface area (Å²) >= 11 is 0. The predicted octanol–water partition coefficient (Wildman–Crippen LogP) is 23.1. The van der Waals surface area contributed by atoms with E-state index in [1.165, 1.54) is 225 Å². The van der Waals surface area contributed by atoms with Crippen LogP contribution in [0.2, 0.25) is 0 Å². The maximum Gasteiger partial charge on any atom is 0.472 e. The molecule has 0 aromatic carbocycles. The van der Waals surface area contributed by atoms with E-state index in [-0.39, 0.29) is 25.7 Å². The second kappa shape index (κ2) is 69.8. The van der Waals surface area contributed by atoms with Gasteiger partial charge in [0, 0.05) is 25.7 Å². The van der Waals surface area contributed by atoms with E-state index >= 15 is 0 Å². The molecular formula is C78H152O17P2. The second-order valence-corrected chi connectivity index (χ2v) is 32.0. The quantitative estimate of drug-likeness (QED) is 0.0222. The molecule has 5 atom stereocenters. The molecule has 0 spiro atoms. The van der Waals surface area contributed by atoms with Crippen LogP contribution >= 0.6 is 15.6 Å². The Morgan fingerprint density at radius 1 is 0.278 bits per heavy atom. The molecule has 0 amide bonds. The van der Waals surface area contributed by atoms with Gasteiger partial charge in [-0.3, -0.25) is 37.3 Å². The monoisotopic (exact) mass is 1420 g/mol. The summed E-state index contributed by atoms with van der Waals surface area (Å²) in [5.41, 5.74) is 0. The lowest BCUT2D eigenvalue weighted by atomic mass is 10.0. The number of rotatable bonds is 77. The Bertz CT molecular complexity index is 1870. The SMILES string of the molecule is CCCCCCCCCCCCCCCCC(=O)OC[C@H](COP(=O)(O)OC[C@@H](O)COP(=O)(O)OC[C@@H](COC(=O)CCCCCCCCCCCCCC)OC(=O)CCCCCCCCCCCC(C)C)OC(=O)CCCCCCCCCCCCCCCCCCC(C)C. The van der Waals surface area contributed by atoms with Crippen LogP contribution in [-0.4, -0.2) is 96.7 Å². The highest BCUT2D eigenvalue weighted by molar-refractivity contribution is 7.47. The van der Waals surface area contributed by atoms with Crippen molar-refractivity contribution in [1.82, 2.24) is 0 Å². The van der Waals surface area contributed by atoms with Crippen LogP contribution in [0.15, 0.2) is 0 Å². The molecule has 0 saturated carbocycles. The van der Waals surface area contributed by atoms with Crippen LogP contribution in [0.1, 0.15) is 408 Å². The first-order chi connectivity index (χ1) is 46.9. The number of phosphoric ester groups is 2. The molecule has 0 bridgehead atoms. The summed E-state index contributed by atoms with van der Waals surface area (Å²) < 4.78 is 68.6. The lowest BCUT2D eigenvalue weighted by Gasteiger charge is -2.21. The van der Waals surface area contributed by atoms with E-state index in [9.17, 15) is 43.2 Å². The zero-order chi connectivity index (χ0) is 71.4.